The lowest BCUT2D eigenvalue weighted by molar-refractivity contribution is 0.0895. The smallest absolute Gasteiger partial charge is 0.166 e. The summed E-state index contributed by atoms with van der Waals surface area (Å²) < 4.78 is 5.36. The molecule has 1 N–H and O–H groups in total. The first-order chi connectivity index (χ1) is 9.13. The maximum absolute atomic E-state index is 12.4. The van der Waals surface area contributed by atoms with Gasteiger partial charge < -0.3 is 10.1 Å². The van der Waals surface area contributed by atoms with Crippen LogP contribution < -0.4 is 10.1 Å². The number of carbonyl (C=O) groups excluding carboxylic acids is 1. The second-order valence-electron chi connectivity index (χ2n) is 4.59. The van der Waals surface area contributed by atoms with E-state index in [-0.39, 0.29) is 11.7 Å². The van der Waals surface area contributed by atoms with E-state index in [0.717, 1.165) is 25.9 Å². The summed E-state index contributed by atoms with van der Waals surface area (Å²) in [5.74, 6) is 0.632. The molecule has 1 heterocycles. The Hall–Kier alpha value is -0.770. The number of benzene rings is 1. The summed E-state index contributed by atoms with van der Waals surface area (Å²) in [5.41, 5.74) is 0.574. The highest BCUT2D eigenvalue weighted by molar-refractivity contribution is 6.37. The van der Waals surface area contributed by atoms with E-state index in [9.17, 15) is 4.79 Å². The molecule has 0 aliphatic carbocycles. The first-order valence-corrected chi connectivity index (χ1v) is 7.25. The maximum atomic E-state index is 12.4. The van der Waals surface area contributed by atoms with Gasteiger partial charge in [0, 0.05) is 11.5 Å². The first kappa shape index (κ1) is 14.6. The molecule has 0 bridgehead atoms. The van der Waals surface area contributed by atoms with Crippen LogP contribution in [-0.4, -0.2) is 25.5 Å². The van der Waals surface area contributed by atoms with Crippen LogP contribution in [0, 0.1) is 5.92 Å². The second-order valence-corrected chi connectivity index (χ2v) is 5.40. The number of ketones is 1. The molecule has 1 aromatic carbocycles. The van der Waals surface area contributed by atoms with Gasteiger partial charge in [0.25, 0.3) is 0 Å². The molecule has 19 heavy (non-hydrogen) atoms. The molecular weight excluding hydrogens is 285 g/mol. The highest BCUT2D eigenvalue weighted by atomic mass is 35.5. The number of hydrogen-bond acceptors (Lipinski definition) is 3. The highest BCUT2D eigenvalue weighted by Crippen LogP contribution is 2.35. The van der Waals surface area contributed by atoms with Crippen LogP contribution in [0.25, 0.3) is 0 Å². The number of carbonyl (C=O) groups is 1. The van der Waals surface area contributed by atoms with Gasteiger partial charge in [0.1, 0.15) is 0 Å². The molecule has 0 spiro atoms. The average Bonchev–Trinajstić information content (AvgIpc) is 2.43. The fourth-order valence-corrected chi connectivity index (χ4v) is 2.90. The fourth-order valence-electron chi connectivity index (χ4n) is 2.30. The molecular formula is C14H17Cl2NO2. The van der Waals surface area contributed by atoms with Crippen molar-refractivity contribution in [3.63, 3.8) is 0 Å². The maximum Gasteiger partial charge on any atom is 0.166 e. The van der Waals surface area contributed by atoms with Crippen molar-refractivity contribution in [3.05, 3.63) is 27.7 Å². The van der Waals surface area contributed by atoms with Crippen molar-refractivity contribution in [2.45, 2.75) is 19.8 Å². The van der Waals surface area contributed by atoms with E-state index in [1.54, 1.807) is 12.1 Å². The Morgan fingerprint density at radius 3 is 2.42 bits per heavy atom. The summed E-state index contributed by atoms with van der Waals surface area (Å²) in [4.78, 5) is 12.4. The van der Waals surface area contributed by atoms with E-state index in [1.165, 1.54) is 0 Å². The number of ether oxygens (including phenoxy) is 1. The molecule has 1 aliphatic heterocycles. The van der Waals surface area contributed by atoms with Crippen molar-refractivity contribution in [2.24, 2.45) is 5.92 Å². The van der Waals surface area contributed by atoms with Gasteiger partial charge in [0.2, 0.25) is 0 Å². The Morgan fingerprint density at radius 1 is 1.32 bits per heavy atom. The molecule has 104 valence electrons. The minimum atomic E-state index is 0.0614. The molecule has 1 saturated heterocycles. The van der Waals surface area contributed by atoms with Crippen LogP contribution in [0.1, 0.15) is 30.1 Å². The van der Waals surface area contributed by atoms with E-state index < -0.39 is 0 Å². The lowest BCUT2D eigenvalue weighted by atomic mass is 9.89. The van der Waals surface area contributed by atoms with Gasteiger partial charge in [-0.2, -0.15) is 0 Å². The van der Waals surface area contributed by atoms with E-state index >= 15 is 0 Å². The molecule has 0 saturated carbocycles. The Kier molecular flexibility index (Phi) is 5.08. The van der Waals surface area contributed by atoms with Crippen molar-refractivity contribution < 1.29 is 9.53 Å². The second kappa shape index (κ2) is 6.60. The van der Waals surface area contributed by atoms with Gasteiger partial charge in [-0.25, -0.2) is 0 Å². The number of nitrogens with one attached hydrogen (secondary N) is 1. The van der Waals surface area contributed by atoms with Crippen molar-refractivity contribution in [1.82, 2.24) is 5.32 Å². The molecule has 0 amide bonds. The number of Topliss-reactive ketones (excluding diaryl/α,β-unsaturated/α-hetero) is 1. The third-order valence-corrected chi connectivity index (χ3v) is 3.84. The number of hydrogen-bond donors (Lipinski definition) is 1. The van der Waals surface area contributed by atoms with Crippen molar-refractivity contribution in [3.8, 4) is 5.75 Å². The van der Waals surface area contributed by atoms with Gasteiger partial charge in [-0.3, -0.25) is 4.79 Å². The SMILES string of the molecule is CCOc1c(Cl)cc(C(=O)C2CCNCC2)cc1Cl. The molecule has 1 fully saturated rings. The third kappa shape index (κ3) is 3.41. The van der Waals surface area contributed by atoms with Gasteiger partial charge in [-0.15, -0.1) is 0 Å². The minimum absolute atomic E-state index is 0.0614. The first-order valence-electron chi connectivity index (χ1n) is 6.50. The Labute approximate surface area is 123 Å². The molecule has 0 unspecified atom stereocenters. The highest BCUT2D eigenvalue weighted by Gasteiger charge is 2.23. The third-order valence-electron chi connectivity index (χ3n) is 3.28. The van der Waals surface area contributed by atoms with Gasteiger partial charge in [-0.05, 0) is 45.0 Å². The van der Waals surface area contributed by atoms with Crippen LogP contribution in [0.2, 0.25) is 10.0 Å². The zero-order valence-corrected chi connectivity index (χ0v) is 12.4. The van der Waals surface area contributed by atoms with Crippen LogP contribution in [-0.2, 0) is 0 Å². The monoisotopic (exact) mass is 301 g/mol. The lowest BCUT2D eigenvalue weighted by Gasteiger charge is -2.21. The van der Waals surface area contributed by atoms with E-state index in [4.69, 9.17) is 27.9 Å². The molecule has 0 aromatic heterocycles. The summed E-state index contributed by atoms with van der Waals surface area (Å²) >= 11 is 12.2. The number of halogens is 2. The molecule has 5 heteroatoms. The molecule has 3 nitrogen and oxygen atoms in total. The summed E-state index contributed by atoms with van der Waals surface area (Å²) in [6, 6.07) is 3.31. The van der Waals surface area contributed by atoms with Crippen LogP contribution >= 0.6 is 23.2 Å². The van der Waals surface area contributed by atoms with Crippen LogP contribution in [0.5, 0.6) is 5.75 Å². The van der Waals surface area contributed by atoms with Crippen molar-refractivity contribution >= 4 is 29.0 Å². The van der Waals surface area contributed by atoms with Crippen LogP contribution in [0.3, 0.4) is 0 Å². The average molecular weight is 302 g/mol. The summed E-state index contributed by atoms with van der Waals surface area (Å²) in [6.45, 7) is 4.12. The quantitative estimate of drug-likeness (QED) is 0.864. The van der Waals surface area contributed by atoms with Gasteiger partial charge in [0.05, 0.1) is 16.7 Å². The predicted molar refractivity (Wildman–Crippen MR) is 77.6 cm³/mol. The molecule has 2 rings (SSSR count). The Balaban J connectivity index is 2.22. The fraction of sp³-hybridized carbons (Fsp3) is 0.500. The zero-order valence-electron chi connectivity index (χ0n) is 10.8. The Morgan fingerprint density at radius 2 is 1.89 bits per heavy atom. The number of rotatable bonds is 4. The van der Waals surface area contributed by atoms with Crippen molar-refractivity contribution in [1.29, 1.82) is 0 Å². The normalized spacial score (nSPS) is 16.4. The molecule has 0 atom stereocenters. The topological polar surface area (TPSA) is 38.3 Å². The zero-order chi connectivity index (χ0) is 13.8. The standard InChI is InChI=1S/C14H17Cl2NO2/c1-2-19-14-11(15)7-10(8-12(14)16)13(18)9-3-5-17-6-4-9/h7-9,17H,2-6H2,1H3. The Bertz CT molecular complexity index is 448. The van der Waals surface area contributed by atoms with Gasteiger partial charge in [0.15, 0.2) is 11.5 Å². The van der Waals surface area contributed by atoms with E-state index in [1.807, 2.05) is 6.92 Å². The van der Waals surface area contributed by atoms with Crippen LogP contribution in [0.4, 0.5) is 0 Å². The summed E-state index contributed by atoms with van der Waals surface area (Å²) in [6.07, 6.45) is 1.72. The van der Waals surface area contributed by atoms with Crippen LogP contribution in [0.15, 0.2) is 12.1 Å². The molecule has 1 aliphatic rings. The van der Waals surface area contributed by atoms with E-state index in [2.05, 4.69) is 5.32 Å². The molecule has 0 radical (unpaired) electrons. The largest absolute Gasteiger partial charge is 0.491 e. The van der Waals surface area contributed by atoms with E-state index in [0.29, 0.717) is 28.0 Å². The number of piperidine rings is 1. The van der Waals surface area contributed by atoms with Gasteiger partial charge in [-0.1, -0.05) is 23.2 Å². The predicted octanol–water partition coefficient (Wildman–Crippen LogP) is 3.57. The van der Waals surface area contributed by atoms with Gasteiger partial charge >= 0.3 is 0 Å². The molecule has 1 aromatic rings. The summed E-state index contributed by atoms with van der Waals surface area (Å²) in [7, 11) is 0. The lowest BCUT2D eigenvalue weighted by Crippen LogP contribution is -2.31. The minimum Gasteiger partial charge on any atom is -0.491 e. The van der Waals surface area contributed by atoms with Crippen molar-refractivity contribution in [2.75, 3.05) is 19.7 Å². The summed E-state index contributed by atoms with van der Waals surface area (Å²) in [5, 5.41) is 4.04.